The van der Waals surface area contributed by atoms with Crippen molar-refractivity contribution in [3.05, 3.63) is 65.7 Å². The maximum atomic E-state index is 14.9. The molecule has 2 heterocycles. The van der Waals surface area contributed by atoms with Gasteiger partial charge in [-0.15, -0.1) is 0 Å². The summed E-state index contributed by atoms with van der Waals surface area (Å²) in [6.07, 6.45) is 3.21. The highest BCUT2D eigenvalue weighted by Crippen LogP contribution is 2.30. The molecule has 4 rings (SSSR count). The number of likely N-dealkylation sites (N-methyl/N-ethyl adjacent to an activating group) is 2. The third-order valence-corrected chi connectivity index (χ3v) is 18.4. The van der Waals surface area contributed by atoms with Crippen LogP contribution in [0, 0.1) is 35.5 Å². The van der Waals surface area contributed by atoms with Crippen LogP contribution in [-0.2, 0) is 70.3 Å². The number of likely N-dealkylation sites (tertiary alicyclic amines) is 2. The first-order valence-corrected chi connectivity index (χ1v) is 33.5. The molecule has 0 aliphatic carbocycles. The van der Waals surface area contributed by atoms with Gasteiger partial charge in [0.15, 0.2) is 0 Å². The number of unbranched alkanes of at least 4 members (excludes halogenated alkanes) is 2. The summed E-state index contributed by atoms with van der Waals surface area (Å²) in [5.41, 5.74) is 7.37. The van der Waals surface area contributed by atoms with E-state index >= 15 is 0 Å². The second-order valence-electron chi connectivity index (χ2n) is 26.6. The second kappa shape index (κ2) is 38.8. The summed E-state index contributed by atoms with van der Waals surface area (Å²) in [5, 5.41) is 26.8. The van der Waals surface area contributed by atoms with Gasteiger partial charge < -0.3 is 62.0 Å². The van der Waals surface area contributed by atoms with Crippen LogP contribution in [0.15, 0.2) is 54.6 Å². The number of benzene rings is 2. The molecule has 0 aromatic heterocycles. The van der Waals surface area contributed by atoms with Gasteiger partial charge in [0.2, 0.25) is 53.2 Å². The molecular weight excluding hydrogens is 1210 g/mol. The maximum Gasteiger partial charge on any atom is 0.326 e. The molecule has 94 heavy (non-hydrogen) atoms. The van der Waals surface area contributed by atoms with Gasteiger partial charge in [0, 0.05) is 78.3 Å². The smallest absolute Gasteiger partial charge is 0.326 e. The monoisotopic (exact) mass is 1320 g/mol. The molecule has 2 aromatic rings. The molecule has 2 fully saturated rings. The number of anilines is 1. The number of ether oxygens (including phenoxy) is 2. The number of aliphatic carboxylic acids is 1. The fraction of sp³-hybridized carbons (Fsp3) is 0.667. The van der Waals surface area contributed by atoms with Gasteiger partial charge >= 0.3 is 12.0 Å². The topological polar surface area (TPSA) is 338 Å². The fourth-order valence-corrected chi connectivity index (χ4v) is 12.7. The third kappa shape index (κ3) is 23.4. The van der Waals surface area contributed by atoms with Crippen LogP contribution in [0.4, 0.5) is 10.5 Å². The van der Waals surface area contributed by atoms with Crippen molar-refractivity contribution in [3.8, 4) is 0 Å². The predicted molar refractivity (Wildman–Crippen MR) is 357 cm³/mol. The van der Waals surface area contributed by atoms with Gasteiger partial charge in [0.25, 0.3) is 0 Å². The largest absolute Gasteiger partial charge is 0.480 e. The maximum absolute atomic E-state index is 14.9. The molecule has 0 radical (unpaired) electrons. The van der Waals surface area contributed by atoms with Gasteiger partial charge in [-0.25, -0.2) is 9.59 Å². The lowest BCUT2D eigenvalue weighted by Gasteiger charge is -2.41. The van der Waals surface area contributed by atoms with E-state index < -0.39 is 90.1 Å². The summed E-state index contributed by atoms with van der Waals surface area (Å²) in [4.78, 5) is 153. The van der Waals surface area contributed by atoms with Gasteiger partial charge in [-0.2, -0.15) is 0 Å². The Bertz CT molecular complexity index is 2840. The first-order chi connectivity index (χ1) is 44.4. The van der Waals surface area contributed by atoms with E-state index in [1.807, 2.05) is 71.7 Å². The van der Waals surface area contributed by atoms with Crippen molar-refractivity contribution in [2.24, 2.45) is 41.2 Å². The highest BCUT2D eigenvalue weighted by Gasteiger charge is 2.44. The number of hydrogen-bond acceptors (Lipinski definition) is 14. The number of imide groups is 1. The molecule has 524 valence electrons. The van der Waals surface area contributed by atoms with Gasteiger partial charge in [-0.1, -0.05) is 125 Å². The van der Waals surface area contributed by atoms with Crippen LogP contribution in [-0.4, -0.2) is 199 Å². The number of amides is 11. The van der Waals surface area contributed by atoms with Crippen molar-refractivity contribution in [3.63, 3.8) is 0 Å². The van der Waals surface area contributed by atoms with Crippen LogP contribution in [0.2, 0.25) is 0 Å². The van der Waals surface area contributed by atoms with Gasteiger partial charge in [0.1, 0.15) is 24.2 Å². The Balaban J connectivity index is 1.38. The second-order valence-corrected chi connectivity index (χ2v) is 26.6. The Kier molecular flexibility index (Phi) is 32.5. The average molecular weight is 1320 g/mol. The van der Waals surface area contributed by atoms with Crippen molar-refractivity contribution in [1.29, 1.82) is 0 Å². The van der Waals surface area contributed by atoms with Crippen molar-refractivity contribution in [2.75, 3.05) is 59.8 Å². The summed E-state index contributed by atoms with van der Waals surface area (Å²) < 4.78 is 12.0. The lowest BCUT2D eigenvalue weighted by atomic mass is 9.89. The van der Waals surface area contributed by atoms with E-state index in [1.165, 1.54) is 19.1 Å². The summed E-state index contributed by atoms with van der Waals surface area (Å²) in [7, 11) is 6.52. The lowest BCUT2D eigenvalue weighted by molar-refractivity contribution is -0.148. The molecule has 0 bridgehead atoms. The molecule has 0 spiro atoms. The summed E-state index contributed by atoms with van der Waals surface area (Å²) in [6, 6.07) is 9.58. The molecule has 12 atom stereocenters. The van der Waals surface area contributed by atoms with Crippen molar-refractivity contribution in [1.82, 2.24) is 46.2 Å². The lowest BCUT2D eigenvalue weighted by Crippen LogP contribution is -2.60. The number of nitrogens with one attached hydrogen (secondary N) is 6. The number of carboxylic acids is 1. The predicted octanol–water partition coefficient (Wildman–Crippen LogP) is 5.03. The SMILES string of the molecule is CC[C@H](C)[C@@H]([C@@H](CC(=O)N1CCC[C@H]1[C@H](OC)[C@@H](C)C(=O)N[C@@H](Cc1ccccc1)C(=O)O)OC)N(C)C(=O)[C@@H](NC(=O)[C@H](C(C)C)N(C)CCc1ccc(NC(=O)[C@H](CCCNC(N)=O)NC(=O)[C@@H](NC(=O)CCCCCN2C(=O)CC(C)C2=O)C(C)C)cc1)C(C)C. The molecule has 25 heteroatoms. The highest BCUT2D eigenvalue weighted by atomic mass is 16.5. The standard InChI is InChI=1S/C69H109N11O14/c1-15-44(8)60(53(93-13)40-56(83)79-36-23-27-52(79)61(94-14)46(10)62(84)74-51(68(90)91)39-48-24-18-16-19-25-48)78(12)67(89)58(42(4)5)76-65(87)59(43(6)7)77(11)37-33-47-29-31-49(32-30-47)72-63(85)50(26-22-34-71-69(70)92)73-64(86)57(41(2)3)75-54(81)28-20-17-21-35-80-55(82)38-45(9)66(80)88/h16,18-19,24-25,29-32,41-46,50-53,57-61H,15,17,20-23,26-28,33-40H2,1-14H3,(H,72,85)(H,73,86)(H,74,84)(H,75,81)(H,76,87)(H,90,91)(H3,70,71,92)/t44-,45?,46+,50-,51-,52-,53+,57-,58-,59-,60-,61+/m0/s1. The zero-order valence-electron chi connectivity index (χ0n) is 58.0. The van der Waals surface area contributed by atoms with E-state index in [0.29, 0.717) is 76.7 Å². The van der Waals surface area contributed by atoms with E-state index in [2.05, 4.69) is 31.9 Å². The normalized spacial score (nSPS) is 18.1. The first-order valence-electron chi connectivity index (χ1n) is 33.5. The average Bonchev–Trinajstić information content (AvgIpc) is 1.35. The number of carboxylic acid groups (broad SMARTS) is 1. The molecule has 9 N–H and O–H groups in total. The number of carbonyl (C=O) groups excluding carboxylic acids is 10. The summed E-state index contributed by atoms with van der Waals surface area (Å²) in [6.45, 7) is 19.8. The van der Waals surface area contributed by atoms with Gasteiger partial charge in [0.05, 0.1) is 42.7 Å². The van der Waals surface area contributed by atoms with Crippen molar-refractivity contribution in [2.45, 2.75) is 207 Å². The fourth-order valence-electron chi connectivity index (χ4n) is 12.7. The molecule has 11 amide bonds. The summed E-state index contributed by atoms with van der Waals surface area (Å²) in [5.74, 6) is -6.54. The number of hydrogen-bond donors (Lipinski definition) is 8. The Morgan fingerprint density at radius 1 is 0.734 bits per heavy atom. The Morgan fingerprint density at radius 2 is 1.38 bits per heavy atom. The molecular formula is C69H109N11O14. The number of nitrogens with zero attached hydrogens (tertiary/aromatic N) is 4. The van der Waals surface area contributed by atoms with Crippen LogP contribution < -0.4 is 37.6 Å². The van der Waals surface area contributed by atoms with Crippen LogP contribution in [0.3, 0.4) is 0 Å². The molecule has 0 saturated carbocycles. The molecule has 2 aliphatic rings. The highest BCUT2D eigenvalue weighted by molar-refractivity contribution is 6.03. The quantitative estimate of drug-likeness (QED) is 0.0321. The third-order valence-electron chi connectivity index (χ3n) is 18.4. The van der Waals surface area contributed by atoms with E-state index in [-0.39, 0.29) is 104 Å². The Labute approximate surface area is 556 Å². The number of methoxy groups -OCH3 is 2. The molecule has 2 aromatic carbocycles. The number of primary amides is 1. The number of nitrogens with two attached hydrogens (primary N) is 1. The minimum Gasteiger partial charge on any atom is -0.480 e. The van der Waals surface area contributed by atoms with Crippen molar-refractivity contribution >= 4 is 70.9 Å². The number of carbonyl (C=O) groups is 11. The Morgan fingerprint density at radius 3 is 1.95 bits per heavy atom. The molecule has 2 aliphatic heterocycles. The van der Waals surface area contributed by atoms with Crippen LogP contribution in [0.5, 0.6) is 0 Å². The summed E-state index contributed by atoms with van der Waals surface area (Å²) >= 11 is 0. The van der Waals surface area contributed by atoms with E-state index in [4.69, 9.17) is 15.2 Å². The van der Waals surface area contributed by atoms with E-state index in [9.17, 15) is 57.8 Å². The molecule has 2 saturated heterocycles. The Hall–Kier alpha value is -7.51. The molecule has 25 nitrogen and oxygen atoms in total. The number of rotatable bonds is 40. The minimum atomic E-state index is -1.18. The first kappa shape index (κ1) is 78.9. The van der Waals surface area contributed by atoms with Gasteiger partial charge in [-0.3, -0.25) is 53.0 Å². The van der Waals surface area contributed by atoms with Gasteiger partial charge in [-0.05, 0) is 98.9 Å². The number of urea groups is 1. The van der Waals surface area contributed by atoms with E-state index in [0.717, 1.165) is 11.1 Å². The van der Waals surface area contributed by atoms with Crippen LogP contribution >= 0.6 is 0 Å². The zero-order valence-corrected chi connectivity index (χ0v) is 58.0. The zero-order chi connectivity index (χ0) is 70.1. The van der Waals surface area contributed by atoms with Crippen LogP contribution in [0.1, 0.15) is 151 Å². The van der Waals surface area contributed by atoms with Crippen molar-refractivity contribution < 1.29 is 67.3 Å². The molecule has 1 unspecified atom stereocenters. The van der Waals surface area contributed by atoms with Crippen LogP contribution in [0.25, 0.3) is 0 Å². The van der Waals surface area contributed by atoms with E-state index in [1.54, 1.807) is 80.9 Å². The minimum absolute atomic E-state index is 0.0894.